The van der Waals surface area contributed by atoms with Crippen LogP contribution < -0.4 is 0 Å². The van der Waals surface area contributed by atoms with Gasteiger partial charge in [-0.1, -0.05) is 29.8 Å². The molecule has 0 aliphatic rings. The molecular weight excluding hydrogens is 207 g/mol. The summed E-state index contributed by atoms with van der Waals surface area (Å²) in [5.74, 6) is 0. The summed E-state index contributed by atoms with van der Waals surface area (Å²) in [4.78, 5) is 0. The summed E-state index contributed by atoms with van der Waals surface area (Å²) in [6.45, 7) is 3.72. The summed E-state index contributed by atoms with van der Waals surface area (Å²) in [5.41, 5.74) is -0.332. The minimum atomic E-state index is -0.332. The molecule has 2 nitrogen and oxygen atoms in total. The number of hydrogen-bond acceptors (Lipinski definition) is 2. The summed E-state index contributed by atoms with van der Waals surface area (Å²) < 4.78 is 4.43. The van der Waals surface area contributed by atoms with Gasteiger partial charge in [-0.15, -0.1) is 0 Å². The second-order valence-corrected chi connectivity index (χ2v) is 3.56. The quantitative estimate of drug-likeness (QED) is 0.732. The fourth-order valence-electron chi connectivity index (χ4n) is 0.192. The Balaban J connectivity index is 3.80. The number of halogens is 2. The maximum absolute atomic E-state index is 8.73. The molecule has 56 valence electrons. The van der Waals surface area contributed by atoms with E-state index in [4.69, 9.17) is 17.0 Å². The van der Waals surface area contributed by atoms with Crippen molar-refractivity contribution in [3.05, 3.63) is 0 Å². The normalized spacial score (nSPS) is 15.7. The first kappa shape index (κ1) is 9.69. The summed E-state index contributed by atoms with van der Waals surface area (Å²) >= 11 is 8.20. The van der Waals surface area contributed by atoms with E-state index in [0.717, 1.165) is 0 Å². The van der Waals surface area contributed by atoms with Crippen LogP contribution in [0.3, 0.4) is 0 Å². The maximum Gasteiger partial charge on any atom is 0.141 e. The molecule has 0 aromatic carbocycles. The number of aliphatic hydroxyl groups excluding tert-OH is 1. The molecule has 0 heterocycles. The molecule has 0 aliphatic heterocycles. The number of rotatable bonds is 3. The van der Waals surface area contributed by atoms with Crippen molar-refractivity contribution in [1.29, 1.82) is 0 Å². The van der Waals surface area contributed by atoms with Crippen LogP contribution in [-0.2, 0) is 4.29 Å². The molecule has 0 radical (unpaired) electrons. The van der Waals surface area contributed by atoms with Gasteiger partial charge >= 0.3 is 0 Å². The highest BCUT2D eigenvalue weighted by Crippen LogP contribution is 2.27. The average Bonchev–Trinajstić information content (AvgIpc) is 1.86. The Morgan fingerprint density at radius 2 is 2.22 bits per heavy atom. The van der Waals surface area contributed by atoms with Gasteiger partial charge < -0.3 is 5.11 Å². The maximum atomic E-state index is 8.73. The fourth-order valence-corrected chi connectivity index (χ4v) is 0.578. The second-order valence-electron chi connectivity index (χ2n) is 2.55. The van der Waals surface area contributed by atoms with Crippen molar-refractivity contribution in [3.8, 4) is 0 Å². The van der Waals surface area contributed by atoms with Crippen molar-refractivity contribution >= 4 is 27.8 Å². The predicted molar refractivity (Wildman–Crippen MR) is 40.5 cm³/mol. The van der Waals surface area contributed by atoms with Crippen molar-refractivity contribution in [2.75, 3.05) is 6.61 Å². The second kappa shape index (κ2) is 3.76. The van der Waals surface area contributed by atoms with E-state index >= 15 is 0 Å². The molecule has 0 rings (SSSR count). The molecule has 0 saturated heterocycles. The Kier molecular flexibility index (Phi) is 4.05. The number of alkyl halides is 1. The van der Waals surface area contributed by atoms with Gasteiger partial charge in [0, 0.05) is 5.41 Å². The van der Waals surface area contributed by atoms with Crippen molar-refractivity contribution in [2.45, 2.75) is 18.9 Å². The monoisotopic (exact) mass is 216 g/mol. The molecule has 0 aromatic rings. The van der Waals surface area contributed by atoms with E-state index in [1.54, 1.807) is 0 Å². The topological polar surface area (TPSA) is 29.5 Å². The van der Waals surface area contributed by atoms with E-state index in [-0.39, 0.29) is 17.0 Å². The van der Waals surface area contributed by atoms with Crippen LogP contribution >= 0.6 is 27.8 Å². The molecule has 9 heavy (non-hydrogen) atoms. The zero-order valence-electron chi connectivity index (χ0n) is 5.40. The average molecular weight is 217 g/mol. The minimum Gasteiger partial charge on any atom is -0.396 e. The molecule has 0 aromatic heterocycles. The van der Waals surface area contributed by atoms with Gasteiger partial charge in [-0.3, -0.25) is 4.29 Å². The molecule has 0 bridgehead atoms. The van der Waals surface area contributed by atoms with E-state index in [0.29, 0.717) is 0 Å². The molecule has 0 fully saturated rings. The Bertz CT molecular complexity index is 87.0. The van der Waals surface area contributed by atoms with Crippen molar-refractivity contribution in [1.82, 2.24) is 0 Å². The SMILES string of the molecule is CC(C)(CO)C(Br)OCl. The lowest BCUT2D eigenvalue weighted by molar-refractivity contribution is 0.0869. The molecule has 1 N–H and O–H groups in total. The van der Waals surface area contributed by atoms with Gasteiger partial charge in [0.05, 0.1) is 18.5 Å². The predicted octanol–water partition coefficient (Wildman–Crippen LogP) is 1.90. The first-order chi connectivity index (χ1) is 4.04. The van der Waals surface area contributed by atoms with Crippen molar-refractivity contribution in [3.63, 3.8) is 0 Å². The van der Waals surface area contributed by atoms with Crippen LogP contribution in [0.1, 0.15) is 13.8 Å². The molecule has 1 unspecified atom stereocenters. The van der Waals surface area contributed by atoms with Crippen molar-refractivity contribution in [2.24, 2.45) is 5.41 Å². The zero-order chi connectivity index (χ0) is 7.49. The van der Waals surface area contributed by atoms with Gasteiger partial charge in [0.15, 0.2) is 0 Å². The largest absolute Gasteiger partial charge is 0.396 e. The van der Waals surface area contributed by atoms with E-state index in [1.165, 1.54) is 0 Å². The minimum absolute atomic E-state index is 0.0373. The van der Waals surface area contributed by atoms with Crippen LogP contribution in [0.2, 0.25) is 0 Å². The Hall–Kier alpha value is 0.690. The Morgan fingerprint density at radius 3 is 2.33 bits per heavy atom. The molecule has 0 saturated carbocycles. The molecule has 0 spiro atoms. The van der Waals surface area contributed by atoms with Gasteiger partial charge in [-0.25, -0.2) is 0 Å². The lowest BCUT2D eigenvalue weighted by Crippen LogP contribution is -2.28. The molecule has 0 amide bonds. The summed E-state index contributed by atoms with van der Waals surface area (Å²) in [6, 6.07) is 0. The standard InChI is InChI=1S/C5H10BrClO2/c1-5(2,3-8)4(6)9-7/h4,8H,3H2,1-2H3. The Labute approximate surface area is 68.4 Å². The molecule has 0 aliphatic carbocycles. The summed E-state index contributed by atoms with van der Waals surface area (Å²) in [7, 11) is 0. The van der Waals surface area contributed by atoms with Gasteiger partial charge in [0.25, 0.3) is 0 Å². The number of hydrogen-bond donors (Lipinski definition) is 1. The van der Waals surface area contributed by atoms with Crippen LogP contribution in [0.4, 0.5) is 0 Å². The van der Waals surface area contributed by atoms with Gasteiger partial charge in [0.1, 0.15) is 5.01 Å². The van der Waals surface area contributed by atoms with E-state index in [2.05, 4.69) is 20.2 Å². The third kappa shape index (κ3) is 2.85. The first-order valence-corrected chi connectivity index (χ1v) is 3.79. The highest BCUT2D eigenvalue weighted by molar-refractivity contribution is 9.09. The third-order valence-corrected chi connectivity index (χ3v) is 2.92. The lowest BCUT2D eigenvalue weighted by Gasteiger charge is -2.24. The van der Waals surface area contributed by atoms with Crippen LogP contribution in [0.25, 0.3) is 0 Å². The highest BCUT2D eigenvalue weighted by Gasteiger charge is 2.27. The van der Waals surface area contributed by atoms with E-state index in [1.807, 2.05) is 13.8 Å². The van der Waals surface area contributed by atoms with Crippen LogP contribution in [-0.4, -0.2) is 16.7 Å². The zero-order valence-corrected chi connectivity index (χ0v) is 7.74. The number of aliphatic hydroxyl groups is 1. The molecular formula is C5H10BrClO2. The molecule has 1 atom stereocenters. The van der Waals surface area contributed by atoms with Crippen LogP contribution in [0.5, 0.6) is 0 Å². The fraction of sp³-hybridized carbons (Fsp3) is 1.00. The van der Waals surface area contributed by atoms with Gasteiger partial charge in [-0.2, -0.15) is 0 Å². The summed E-state index contributed by atoms with van der Waals surface area (Å²) in [5, 5.41) is 8.42. The van der Waals surface area contributed by atoms with E-state index < -0.39 is 0 Å². The van der Waals surface area contributed by atoms with E-state index in [9.17, 15) is 0 Å². The smallest absolute Gasteiger partial charge is 0.141 e. The van der Waals surface area contributed by atoms with Gasteiger partial charge in [-0.05, 0) is 0 Å². The Morgan fingerprint density at radius 1 is 1.78 bits per heavy atom. The molecule has 4 heteroatoms. The summed E-state index contributed by atoms with van der Waals surface area (Å²) in [6.07, 6.45) is 0. The first-order valence-electron chi connectivity index (χ1n) is 2.57. The van der Waals surface area contributed by atoms with Crippen molar-refractivity contribution < 1.29 is 9.40 Å². The third-order valence-electron chi connectivity index (χ3n) is 1.10. The van der Waals surface area contributed by atoms with Crippen LogP contribution in [0, 0.1) is 5.41 Å². The van der Waals surface area contributed by atoms with Crippen LogP contribution in [0.15, 0.2) is 0 Å². The highest BCUT2D eigenvalue weighted by atomic mass is 79.9. The van der Waals surface area contributed by atoms with Gasteiger partial charge in [0.2, 0.25) is 0 Å². The lowest BCUT2D eigenvalue weighted by atomic mass is 9.97.